The van der Waals surface area contributed by atoms with E-state index in [1.165, 1.54) is 5.56 Å². The lowest BCUT2D eigenvalue weighted by molar-refractivity contribution is 0.102. The minimum atomic E-state index is -0.215. The average Bonchev–Trinajstić information content (AvgIpc) is 2.49. The molecule has 0 radical (unpaired) electrons. The second kappa shape index (κ2) is 8.10. The molecule has 134 valence electrons. The Bertz CT molecular complexity index is 745. The van der Waals surface area contributed by atoms with Crippen molar-refractivity contribution in [2.75, 3.05) is 17.2 Å². The first-order valence-electron chi connectivity index (χ1n) is 8.75. The summed E-state index contributed by atoms with van der Waals surface area (Å²) in [6.45, 7) is 13.1. The van der Waals surface area contributed by atoms with Crippen LogP contribution in [-0.4, -0.2) is 22.4 Å². The lowest BCUT2D eigenvalue weighted by atomic mass is 10.0. The zero-order valence-corrected chi connectivity index (χ0v) is 16.0. The molecule has 5 nitrogen and oxygen atoms in total. The number of hydrogen-bond acceptors (Lipinski definition) is 4. The number of nitrogens with zero attached hydrogens (tertiary/aromatic N) is 2. The highest BCUT2D eigenvalue weighted by molar-refractivity contribution is 6.04. The van der Waals surface area contributed by atoms with Gasteiger partial charge in [-0.1, -0.05) is 31.5 Å². The van der Waals surface area contributed by atoms with Gasteiger partial charge in [0.15, 0.2) is 0 Å². The first kappa shape index (κ1) is 18.9. The van der Waals surface area contributed by atoms with E-state index in [0.29, 0.717) is 17.6 Å². The van der Waals surface area contributed by atoms with Gasteiger partial charge < -0.3 is 10.6 Å². The van der Waals surface area contributed by atoms with Crippen LogP contribution in [0.15, 0.2) is 18.2 Å². The van der Waals surface area contributed by atoms with Gasteiger partial charge in [-0.05, 0) is 57.2 Å². The third-order valence-corrected chi connectivity index (χ3v) is 4.01. The van der Waals surface area contributed by atoms with Gasteiger partial charge in [0.2, 0.25) is 5.95 Å². The second-order valence-electron chi connectivity index (χ2n) is 7.06. The molecule has 0 unspecified atom stereocenters. The van der Waals surface area contributed by atoms with Gasteiger partial charge in [0.1, 0.15) is 5.69 Å². The Morgan fingerprint density at radius 3 is 2.28 bits per heavy atom. The molecule has 0 spiro atoms. The highest BCUT2D eigenvalue weighted by atomic mass is 16.1. The van der Waals surface area contributed by atoms with Gasteiger partial charge >= 0.3 is 0 Å². The van der Waals surface area contributed by atoms with E-state index in [1.54, 1.807) is 6.07 Å². The third-order valence-electron chi connectivity index (χ3n) is 4.01. The topological polar surface area (TPSA) is 66.9 Å². The van der Waals surface area contributed by atoms with Crippen molar-refractivity contribution in [3.63, 3.8) is 0 Å². The first-order chi connectivity index (χ1) is 11.8. The van der Waals surface area contributed by atoms with Gasteiger partial charge in [-0.25, -0.2) is 9.97 Å². The molecule has 0 bridgehead atoms. The number of carbonyl (C=O) groups is 1. The number of nitrogens with one attached hydrogen (secondary N) is 2. The molecule has 2 N–H and O–H groups in total. The minimum Gasteiger partial charge on any atom is -0.354 e. The largest absolute Gasteiger partial charge is 0.354 e. The summed E-state index contributed by atoms with van der Waals surface area (Å²) in [6.07, 6.45) is 1.03. The molecule has 0 saturated carbocycles. The summed E-state index contributed by atoms with van der Waals surface area (Å²) in [5, 5.41) is 6.20. The zero-order valence-electron chi connectivity index (χ0n) is 16.0. The lowest BCUT2D eigenvalue weighted by Gasteiger charge is -2.13. The molecule has 0 aliphatic carbocycles. The molecule has 1 amide bonds. The highest BCUT2D eigenvalue weighted by Crippen LogP contribution is 2.22. The summed E-state index contributed by atoms with van der Waals surface area (Å²) < 4.78 is 0. The molecule has 25 heavy (non-hydrogen) atoms. The second-order valence-corrected chi connectivity index (χ2v) is 7.06. The normalized spacial score (nSPS) is 10.8. The molecule has 0 fully saturated rings. The van der Waals surface area contributed by atoms with Crippen molar-refractivity contribution in [2.45, 2.75) is 48.0 Å². The van der Waals surface area contributed by atoms with Crippen LogP contribution in [-0.2, 0) is 0 Å². The number of aromatic nitrogens is 2. The number of hydrogen-bond donors (Lipinski definition) is 2. The van der Waals surface area contributed by atoms with Crippen LogP contribution in [0.5, 0.6) is 0 Å². The zero-order chi connectivity index (χ0) is 18.6. The molecular formula is C20H28N4O. The summed E-state index contributed by atoms with van der Waals surface area (Å²) in [5.74, 6) is 0.892. The van der Waals surface area contributed by atoms with Crippen molar-refractivity contribution < 1.29 is 4.79 Å². The van der Waals surface area contributed by atoms with E-state index in [-0.39, 0.29) is 5.91 Å². The van der Waals surface area contributed by atoms with E-state index in [9.17, 15) is 4.79 Å². The van der Waals surface area contributed by atoms with Crippen molar-refractivity contribution in [1.82, 2.24) is 9.97 Å². The van der Waals surface area contributed by atoms with Gasteiger partial charge in [0.25, 0.3) is 5.91 Å². The van der Waals surface area contributed by atoms with E-state index < -0.39 is 0 Å². The van der Waals surface area contributed by atoms with Crippen LogP contribution in [0, 0.1) is 33.6 Å². The van der Waals surface area contributed by atoms with Crippen molar-refractivity contribution in [3.05, 3.63) is 46.3 Å². The minimum absolute atomic E-state index is 0.215. The molecule has 1 heterocycles. The molecule has 2 aromatic rings. The Labute approximate surface area is 150 Å². The van der Waals surface area contributed by atoms with Crippen molar-refractivity contribution in [3.8, 4) is 0 Å². The van der Waals surface area contributed by atoms with Gasteiger partial charge in [-0.3, -0.25) is 4.79 Å². The fourth-order valence-electron chi connectivity index (χ4n) is 2.79. The number of amides is 1. The van der Waals surface area contributed by atoms with E-state index in [1.807, 2.05) is 20.8 Å². The molecule has 0 atom stereocenters. The molecule has 0 aliphatic rings. The Hall–Kier alpha value is -2.43. The van der Waals surface area contributed by atoms with Gasteiger partial charge in [0.05, 0.1) is 0 Å². The number of rotatable bonds is 6. The lowest BCUT2D eigenvalue weighted by Crippen LogP contribution is -2.18. The van der Waals surface area contributed by atoms with Gasteiger partial charge in [0, 0.05) is 17.9 Å². The van der Waals surface area contributed by atoms with Crippen molar-refractivity contribution in [2.24, 2.45) is 5.92 Å². The quantitative estimate of drug-likeness (QED) is 0.817. The van der Waals surface area contributed by atoms with Crippen LogP contribution in [0.25, 0.3) is 0 Å². The number of anilines is 2. The van der Waals surface area contributed by atoms with Crippen LogP contribution in [0.4, 0.5) is 11.6 Å². The predicted molar refractivity (Wildman–Crippen MR) is 103 cm³/mol. The van der Waals surface area contributed by atoms with Crippen LogP contribution >= 0.6 is 0 Å². The molecule has 1 aromatic heterocycles. The average molecular weight is 340 g/mol. The predicted octanol–water partition coefficient (Wildman–Crippen LogP) is 4.42. The Balaban J connectivity index is 2.18. The number of benzene rings is 1. The number of carbonyl (C=O) groups excluding carboxylic acids is 1. The number of aryl methyl sites for hydroxylation is 4. The van der Waals surface area contributed by atoms with Crippen LogP contribution in [0.2, 0.25) is 0 Å². The summed E-state index contributed by atoms with van der Waals surface area (Å²) in [4.78, 5) is 21.4. The molecular weight excluding hydrogens is 312 g/mol. The maximum absolute atomic E-state index is 12.7. The first-order valence-corrected chi connectivity index (χ1v) is 8.75. The SMILES string of the molecule is Cc1cc(C)c(NC(=O)c2cc(C)nc(NCCC(C)C)n2)c(C)c1. The standard InChI is InChI=1S/C20H28N4O/c1-12(2)7-8-21-20-22-16(6)11-17(23-20)19(25)24-18-14(4)9-13(3)10-15(18)5/h9-12H,7-8H2,1-6H3,(H,24,25)(H,21,22,23). The monoisotopic (exact) mass is 340 g/mol. The van der Waals surface area contributed by atoms with Gasteiger partial charge in [-0.15, -0.1) is 0 Å². The summed E-state index contributed by atoms with van der Waals surface area (Å²) >= 11 is 0. The van der Waals surface area contributed by atoms with E-state index in [4.69, 9.17) is 0 Å². The van der Waals surface area contributed by atoms with Crippen LogP contribution in [0.3, 0.4) is 0 Å². The molecule has 2 rings (SSSR count). The Kier molecular flexibility index (Phi) is 6.12. The van der Waals surface area contributed by atoms with E-state index in [0.717, 1.165) is 35.5 Å². The van der Waals surface area contributed by atoms with Crippen LogP contribution in [0.1, 0.15) is 53.1 Å². The fraction of sp³-hybridized carbons (Fsp3) is 0.450. The Morgan fingerprint density at radius 1 is 1.04 bits per heavy atom. The smallest absolute Gasteiger partial charge is 0.274 e. The molecule has 0 saturated heterocycles. The molecule has 5 heteroatoms. The van der Waals surface area contributed by atoms with E-state index >= 15 is 0 Å². The fourth-order valence-corrected chi connectivity index (χ4v) is 2.79. The summed E-state index contributed by atoms with van der Waals surface area (Å²) in [6, 6.07) is 5.83. The van der Waals surface area contributed by atoms with Crippen LogP contribution < -0.4 is 10.6 Å². The highest BCUT2D eigenvalue weighted by Gasteiger charge is 2.13. The maximum Gasteiger partial charge on any atom is 0.274 e. The Morgan fingerprint density at radius 2 is 1.68 bits per heavy atom. The van der Waals surface area contributed by atoms with Gasteiger partial charge in [-0.2, -0.15) is 0 Å². The third kappa shape index (κ3) is 5.28. The van der Waals surface area contributed by atoms with Crippen molar-refractivity contribution in [1.29, 1.82) is 0 Å². The maximum atomic E-state index is 12.7. The van der Waals surface area contributed by atoms with Crippen molar-refractivity contribution >= 4 is 17.5 Å². The summed E-state index contributed by atoms with van der Waals surface area (Å²) in [5.41, 5.74) is 5.27. The summed E-state index contributed by atoms with van der Waals surface area (Å²) in [7, 11) is 0. The molecule has 0 aliphatic heterocycles. The van der Waals surface area contributed by atoms with E-state index in [2.05, 4.69) is 53.5 Å². The molecule has 1 aromatic carbocycles.